The normalized spacial score (nSPS) is 15.2. The molecule has 0 aliphatic carbocycles. The minimum Gasteiger partial charge on any atom is -0.339 e. The molecule has 15 heavy (non-hydrogen) atoms. The molecule has 2 atom stereocenters. The maximum atomic E-state index is 5.23. The van der Waals surface area contributed by atoms with Crippen molar-refractivity contribution in [2.45, 2.75) is 38.5 Å². The Morgan fingerprint density at radius 3 is 2.80 bits per heavy atom. The van der Waals surface area contributed by atoms with E-state index in [1.165, 1.54) is 0 Å². The lowest BCUT2D eigenvalue weighted by atomic mass is 10.0. The fourth-order valence-electron chi connectivity index (χ4n) is 1.17. The number of nitrogens with zero attached hydrogens (tertiary/aromatic N) is 2. The zero-order valence-electron chi connectivity index (χ0n) is 9.78. The van der Waals surface area contributed by atoms with Crippen LogP contribution in [0, 0.1) is 0 Å². The van der Waals surface area contributed by atoms with Crippen molar-refractivity contribution in [3.05, 3.63) is 11.7 Å². The lowest BCUT2D eigenvalue weighted by molar-refractivity contribution is 0.334. The van der Waals surface area contributed by atoms with Crippen molar-refractivity contribution < 1.29 is 4.52 Å². The quantitative estimate of drug-likeness (QED) is 0.809. The molecule has 1 N–H and O–H groups in total. The third kappa shape index (κ3) is 3.50. The Morgan fingerprint density at radius 2 is 2.20 bits per heavy atom. The van der Waals surface area contributed by atoms with Gasteiger partial charge in [0.15, 0.2) is 5.82 Å². The van der Waals surface area contributed by atoms with Gasteiger partial charge in [-0.25, -0.2) is 0 Å². The Labute approximate surface area is 95.2 Å². The van der Waals surface area contributed by atoms with Gasteiger partial charge in [-0.1, -0.05) is 19.0 Å². The van der Waals surface area contributed by atoms with Crippen molar-refractivity contribution in [1.29, 1.82) is 0 Å². The van der Waals surface area contributed by atoms with Gasteiger partial charge in [0.2, 0.25) is 5.89 Å². The predicted molar refractivity (Wildman–Crippen MR) is 63.1 cm³/mol. The second kappa shape index (κ2) is 6.12. The molecular weight excluding hydrogens is 210 g/mol. The fourth-order valence-corrected chi connectivity index (χ4v) is 1.67. The monoisotopic (exact) mass is 229 g/mol. The molecule has 4 nitrogen and oxygen atoms in total. The molecule has 1 aromatic heterocycles. The van der Waals surface area contributed by atoms with E-state index < -0.39 is 0 Å². The summed E-state index contributed by atoms with van der Waals surface area (Å²) in [5, 5.41) is 7.14. The van der Waals surface area contributed by atoms with Gasteiger partial charge in [0.25, 0.3) is 0 Å². The molecule has 5 heteroatoms. The summed E-state index contributed by atoms with van der Waals surface area (Å²) in [5.41, 5.74) is 0. The summed E-state index contributed by atoms with van der Waals surface area (Å²) in [5.74, 6) is 3.69. The Balaban J connectivity index is 2.58. The minimum atomic E-state index is 0.253. The van der Waals surface area contributed by atoms with Gasteiger partial charge in [-0.3, -0.25) is 0 Å². The van der Waals surface area contributed by atoms with E-state index in [0.717, 1.165) is 23.2 Å². The molecule has 0 spiro atoms. The van der Waals surface area contributed by atoms with Crippen LogP contribution in [0.3, 0.4) is 0 Å². The fraction of sp³-hybridized carbons (Fsp3) is 0.800. The van der Waals surface area contributed by atoms with E-state index in [4.69, 9.17) is 4.52 Å². The maximum Gasteiger partial charge on any atom is 0.231 e. The topological polar surface area (TPSA) is 51.0 Å². The van der Waals surface area contributed by atoms with Crippen LogP contribution in [-0.4, -0.2) is 29.0 Å². The summed E-state index contributed by atoms with van der Waals surface area (Å²) in [4.78, 5) is 4.38. The van der Waals surface area contributed by atoms with Gasteiger partial charge in [-0.2, -0.15) is 16.7 Å². The van der Waals surface area contributed by atoms with Crippen molar-refractivity contribution in [3.63, 3.8) is 0 Å². The summed E-state index contributed by atoms with van der Waals surface area (Å²) < 4.78 is 5.23. The van der Waals surface area contributed by atoms with E-state index in [-0.39, 0.29) is 5.92 Å². The van der Waals surface area contributed by atoms with E-state index in [9.17, 15) is 0 Å². The van der Waals surface area contributed by atoms with E-state index in [1.807, 2.05) is 7.05 Å². The molecule has 86 valence electrons. The smallest absolute Gasteiger partial charge is 0.231 e. The molecule has 1 aromatic rings. The minimum absolute atomic E-state index is 0.253. The molecule has 0 aromatic carbocycles. The molecule has 0 bridgehead atoms. The van der Waals surface area contributed by atoms with Crippen LogP contribution in [0.15, 0.2) is 4.52 Å². The van der Waals surface area contributed by atoms with E-state index >= 15 is 0 Å². The van der Waals surface area contributed by atoms with Crippen LogP contribution in [0.1, 0.15) is 38.4 Å². The Morgan fingerprint density at radius 1 is 1.47 bits per heavy atom. The van der Waals surface area contributed by atoms with E-state index in [0.29, 0.717) is 6.04 Å². The van der Waals surface area contributed by atoms with Crippen molar-refractivity contribution in [2.24, 2.45) is 0 Å². The molecule has 0 radical (unpaired) electrons. The molecule has 0 saturated carbocycles. The van der Waals surface area contributed by atoms with Crippen LogP contribution < -0.4 is 5.32 Å². The molecule has 0 amide bonds. The van der Waals surface area contributed by atoms with Crippen molar-refractivity contribution in [2.75, 3.05) is 12.8 Å². The van der Waals surface area contributed by atoms with Crippen LogP contribution in [-0.2, 0) is 5.75 Å². The number of likely N-dealkylation sites (N-methyl/N-ethyl adjacent to an activating group) is 1. The second-order valence-corrected chi connectivity index (χ2v) is 4.83. The van der Waals surface area contributed by atoms with Crippen LogP contribution in [0.2, 0.25) is 0 Å². The first kappa shape index (κ1) is 12.5. The molecular formula is C10H19N3OS. The largest absolute Gasteiger partial charge is 0.339 e. The van der Waals surface area contributed by atoms with Crippen LogP contribution >= 0.6 is 11.8 Å². The summed E-state index contributed by atoms with van der Waals surface area (Å²) in [6, 6.07) is 0.345. The number of rotatable bonds is 6. The summed E-state index contributed by atoms with van der Waals surface area (Å²) in [6.45, 7) is 6.32. The standard InChI is InChI=1S/C10H19N3OS/c1-5-15-6-9-12-10(14-13-9)7(2)8(3)11-4/h7-8,11H,5-6H2,1-4H3. The molecule has 0 aliphatic heterocycles. The molecule has 2 unspecified atom stereocenters. The number of nitrogens with one attached hydrogen (secondary N) is 1. The lowest BCUT2D eigenvalue weighted by Gasteiger charge is -2.14. The summed E-state index contributed by atoms with van der Waals surface area (Å²) in [7, 11) is 1.94. The first-order valence-electron chi connectivity index (χ1n) is 5.26. The zero-order valence-corrected chi connectivity index (χ0v) is 10.6. The Kier molecular flexibility index (Phi) is 5.11. The molecule has 1 rings (SSSR count). The van der Waals surface area contributed by atoms with Crippen molar-refractivity contribution in [3.8, 4) is 0 Å². The van der Waals surface area contributed by atoms with Gasteiger partial charge in [0.05, 0.1) is 11.7 Å². The average molecular weight is 229 g/mol. The van der Waals surface area contributed by atoms with Crippen LogP contribution in [0.25, 0.3) is 0 Å². The summed E-state index contributed by atoms with van der Waals surface area (Å²) in [6.07, 6.45) is 0. The molecule has 1 heterocycles. The third-order valence-electron chi connectivity index (χ3n) is 2.51. The lowest BCUT2D eigenvalue weighted by Crippen LogP contribution is -2.27. The zero-order chi connectivity index (χ0) is 11.3. The first-order chi connectivity index (χ1) is 7.19. The van der Waals surface area contributed by atoms with Gasteiger partial charge >= 0.3 is 0 Å². The third-order valence-corrected chi connectivity index (χ3v) is 3.38. The Hall–Kier alpha value is -0.550. The molecule has 0 aliphatic rings. The number of hydrogen-bond acceptors (Lipinski definition) is 5. The highest BCUT2D eigenvalue weighted by atomic mass is 32.2. The number of thioether (sulfide) groups is 1. The number of aromatic nitrogens is 2. The highest BCUT2D eigenvalue weighted by Gasteiger charge is 2.19. The van der Waals surface area contributed by atoms with Gasteiger partial charge in [-0.05, 0) is 19.7 Å². The molecule has 0 saturated heterocycles. The Bertz CT molecular complexity index is 290. The van der Waals surface area contributed by atoms with Crippen molar-refractivity contribution >= 4 is 11.8 Å². The van der Waals surface area contributed by atoms with E-state index in [1.54, 1.807) is 11.8 Å². The summed E-state index contributed by atoms with van der Waals surface area (Å²) >= 11 is 1.80. The van der Waals surface area contributed by atoms with E-state index in [2.05, 4.69) is 36.2 Å². The van der Waals surface area contributed by atoms with Gasteiger partial charge < -0.3 is 9.84 Å². The predicted octanol–water partition coefficient (Wildman–Crippen LogP) is 2.03. The second-order valence-electron chi connectivity index (χ2n) is 3.55. The van der Waals surface area contributed by atoms with Crippen LogP contribution in [0.5, 0.6) is 0 Å². The van der Waals surface area contributed by atoms with Gasteiger partial charge in [-0.15, -0.1) is 0 Å². The SMILES string of the molecule is CCSCc1noc(C(C)C(C)NC)n1. The average Bonchev–Trinajstić information content (AvgIpc) is 2.72. The van der Waals surface area contributed by atoms with Crippen molar-refractivity contribution in [1.82, 2.24) is 15.5 Å². The van der Waals surface area contributed by atoms with Crippen LogP contribution in [0.4, 0.5) is 0 Å². The highest BCUT2D eigenvalue weighted by molar-refractivity contribution is 7.98. The number of hydrogen-bond donors (Lipinski definition) is 1. The maximum absolute atomic E-state index is 5.23. The molecule has 0 fully saturated rings. The van der Waals surface area contributed by atoms with Gasteiger partial charge in [0.1, 0.15) is 0 Å². The highest BCUT2D eigenvalue weighted by Crippen LogP contribution is 2.18. The first-order valence-corrected chi connectivity index (χ1v) is 6.42. The van der Waals surface area contributed by atoms with Gasteiger partial charge in [0, 0.05) is 6.04 Å².